The second-order valence-electron chi connectivity index (χ2n) is 6.02. The summed E-state index contributed by atoms with van der Waals surface area (Å²) in [4.78, 5) is 2.06. The van der Waals surface area contributed by atoms with Crippen LogP contribution in [0.15, 0.2) is 42.5 Å². The lowest BCUT2D eigenvalue weighted by Gasteiger charge is -2.25. The molecule has 0 spiro atoms. The molecule has 120 valence electrons. The molecule has 4 rings (SSSR count). The summed E-state index contributed by atoms with van der Waals surface area (Å²) >= 11 is 0. The van der Waals surface area contributed by atoms with E-state index >= 15 is 0 Å². The Bertz CT molecular complexity index is 951. The van der Waals surface area contributed by atoms with Gasteiger partial charge in [0.25, 0.3) is 0 Å². The molecule has 3 nitrogen and oxygen atoms in total. The second-order valence-corrected chi connectivity index (χ2v) is 6.02. The van der Waals surface area contributed by atoms with Gasteiger partial charge in [0.05, 0.1) is 18.1 Å². The lowest BCUT2D eigenvalue weighted by Crippen LogP contribution is -2.31. The van der Waals surface area contributed by atoms with Crippen LogP contribution in [-0.2, 0) is 13.0 Å². The Morgan fingerprint density at radius 2 is 1.79 bits per heavy atom. The molecule has 0 bridgehead atoms. The van der Waals surface area contributed by atoms with Gasteiger partial charge in [-0.1, -0.05) is 0 Å². The average Bonchev–Trinajstić information content (AvgIpc) is 2.89. The highest BCUT2D eigenvalue weighted by atomic mass is 19.1. The van der Waals surface area contributed by atoms with Crippen molar-refractivity contribution in [2.45, 2.75) is 13.0 Å². The molecule has 0 saturated heterocycles. The number of nitrogens with zero attached hydrogens (tertiary/aromatic N) is 3. The molecule has 24 heavy (non-hydrogen) atoms. The third kappa shape index (κ3) is 2.36. The predicted molar refractivity (Wildman–Crippen MR) is 87.8 cm³/mol. The van der Waals surface area contributed by atoms with Crippen molar-refractivity contribution in [2.75, 3.05) is 13.1 Å². The first-order chi connectivity index (χ1) is 11.7. The van der Waals surface area contributed by atoms with Gasteiger partial charge in [-0.25, -0.2) is 8.78 Å². The van der Waals surface area contributed by atoms with E-state index in [1.807, 2.05) is 0 Å². The van der Waals surface area contributed by atoms with Crippen LogP contribution < -0.4 is 0 Å². The van der Waals surface area contributed by atoms with Gasteiger partial charge in [-0.3, -0.25) is 4.90 Å². The van der Waals surface area contributed by atoms with Crippen molar-refractivity contribution >= 4 is 10.9 Å². The highest BCUT2D eigenvalue weighted by Crippen LogP contribution is 2.33. The van der Waals surface area contributed by atoms with Crippen LogP contribution in [0.3, 0.4) is 0 Å². The van der Waals surface area contributed by atoms with Crippen LogP contribution in [0.5, 0.6) is 0 Å². The molecule has 3 aromatic rings. The van der Waals surface area contributed by atoms with Crippen molar-refractivity contribution < 1.29 is 8.78 Å². The highest BCUT2D eigenvalue weighted by molar-refractivity contribution is 5.87. The molecular formula is C19H15F2N3. The Labute approximate surface area is 138 Å². The molecule has 0 saturated carbocycles. The van der Waals surface area contributed by atoms with Gasteiger partial charge in [-0.2, -0.15) is 5.26 Å². The van der Waals surface area contributed by atoms with E-state index in [2.05, 4.69) is 15.5 Å². The zero-order valence-electron chi connectivity index (χ0n) is 13.0. The zero-order chi connectivity index (χ0) is 16.7. The van der Waals surface area contributed by atoms with Crippen LogP contribution in [0.1, 0.15) is 11.3 Å². The molecule has 0 atom stereocenters. The van der Waals surface area contributed by atoms with Gasteiger partial charge >= 0.3 is 0 Å². The van der Waals surface area contributed by atoms with E-state index in [1.54, 1.807) is 24.3 Å². The van der Waals surface area contributed by atoms with E-state index in [0.717, 1.165) is 40.8 Å². The van der Waals surface area contributed by atoms with Crippen molar-refractivity contribution in [3.8, 4) is 11.8 Å². The summed E-state index contributed by atoms with van der Waals surface area (Å²) in [5, 5.41) is 9.80. The molecule has 5 heteroatoms. The third-order valence-corrected chi connectivity index (χ3v) is 4.57. The van der Waals surface area contributed by atoms with Gasteiger partial charge in [-0.15, -0.1) is 0 Å². The lowest BCUT2D eigenvalue weighted by atomic mass is 10.0. The number of aromatic nitrogens is 1. The van der Waals surface area contributed by atoms with E-state index in [4.69, 9.17) is 5.26 Å². The maximum absolute atomic E-state index is 13.8. The van der Waals surface area contributed by atoms with Crippen molar-refractivity contribution in [1.82, 2.24) is 9.47 Å². The number of halogens is 2. The molecule has 1 aliphatic heterocycles. The zero-order valence-corrected chi connectivity index (χ0v) is 13.0. The fraction of sp³-hybridized carbons (Fsp3) is 0.211. The summed E-state index contributed by atoms with van der Waals surface area (Å²) in [5.74, 6) is -0.561. The summed E-state index contributed by atoms with van der Waals surface area (Å²) < 4.78 is 29.1. The first kappa shape index (κ1) is 14.9. The van der Waals surface area contributed by atoms with E-state index in [1.165, 1.54) is 18.2 Å². The van der Waals surface area contributed by atoms with Crippen LogP contribution in [-0.4, -0.2) is 22.6 Å². The maximum Gasteiger partial charge on any atom is 0.123 e. The number of rotatable bonds is 2. The Morgan fingerprint density at radius 1 is 1.04 bits per heavy atom. The van der Waals surface area contributed by atoms with E-state index in [9.17, 15) is 8.78 Å². The molecule has 0 amide bonds. The molecule has 0 N–H and O–H groups in total. The molecule has 2 heterocycles. The standard InChI is InChI=1S/C19H15F2N3/c20-13-1-4-15(5-2-13)24-18-6-3-14(21)11-16(18)17-12-23(10-8-22)9-7-19(17)24/h1-6,11H,7,9-10,12H2. The van der Waals surface area contributed by atoms with Gasteiger partial charge in [-0.05, 0) is 48.0 Å². The molecule has 2 aromatic carbocycles. The number of hydrogen-bond acceptors (Lipinski definition) is 2. The lowest BCUT2D eigenvalue weighted by molar-refractivity contribution is 0.284. The Kier molecular flexibility index (Phi) is 3.55. The van der Waals surface area contributed by atoms with Crippen molar-refractivity contribution in [1.29, 1.82) is 5.26 Å². The van der Waals surface area contributed by atoms with Crippen LogP contribution in [0, 0.1) is 23.0 Å². The molecule has 1 aromatic heterocycles. The number of benzene rings is 2. The van der Waals surface area contributed by atoms with E-state index < -0.39 is 0 Å². The minimum absolute atomic E-state index is 0.279. The normalized spacial score (nSPS) is 14.5. The van der Waals surface area contributed by atoms with Crippen LogP contribution >= 0.6 is 0 Å². The Morgan fingerprint density at radius 3 is 2.54 bits per heavy atom. The van der Waals surface area contributed by atoms with Gasteiger partial charge in [0.1, 0.15) is 11.6 Å². The fourth-order valence-corrected chi connectivity index (χ4v) is 3.51. The van der Waals surface area contributed by atoms with E-state index in [-0.39, 0.29) is 11.6 Å². The quantitative estimate of drug-likeness (QED) is 0.672. The van der Waals surface area contributed by atoms with Gasteiger partial charge < -0.3 is 4.57 Å². The molecular weight excluding hydrogens is 308 g/mol. The van der Waals surface area contributed by atoms with Gasteiger partial charge in [0.15, 0.2) is 0 Å². The first-order valence-corrected chi connectivity index (χ1v) is 7.84. The van der Waals surface area contributed by atoms with Gasteiger partial charge in [0.2, 0.25) is 0 Å². The third-order valence-electron chi connectivity index (χ3n) is 4.57. The van der Waals surface area contributed by atoms with Crippen LogP contribution in [0.4, 0.5) is 8.78 Å². The molecule has 1 aliphatic rings. The molecule has 0 radical (unpaired) electrons. The maximum atomic E-state index is 13.8. The monoisotopic (exact) mass is 323 g/mol. The number of hydrogen-bond donors (Lipinski definition) is 0. The second kappa shape index (κ2) is 5.73. The Balaban J connectivity index is 1.95. The molecule has 0 unspecified atom stereocenters. The largest absolute Gasteiger partial charge is 0.313 e. The first-order valence-electron chi connectivity index (χ1n) is 7.84. The minimum atomic E-state index is -0.282. The molecule has 0 aliphatic carbocycles. The smallest absolute Gasteiger partial charge is 0.123 e. The molecule has 0 fully saturated rings. The van der Waals surface area contributed by atoms with Gasteiger partial charge in [0, 0.05) is 36.3 Å². The fourth-order valence-electron chi connectivity index (χ4n) is 3.51. The summed E-state index contributed by atoms with van der Waals surface area (Å²) in [6.45, 7) is 1.76. The van der Waals surface area contributed by atoms with Crippen molar-refractivity contribution in [2.24, 2.45) is 0 Å². The number of nitriles is 1. The predicted octanol–water partition coefficient (Wildman–Crippen LogP) is 3.79. The van der Waals surface area contributed by atoms with E-state index in [0.29, 0.717) is 13.1 Å². The summed E-state index contributed by atoms with van der Waals surface area (Å²) in [5.41, 5.74) is 3.93. The number of fused-ring (bicyclic) bond motifs is 3. The van der Waals surface area contributed by atoms with Crippen molar-refractivity contribution in [3.63, 3.8) is 0 Å². The average molecular weight is 323 g/mol. The summed E-state index contributed by atoms with van der Waals surface area (Å²) in [6, 6.07) is 13.3. The topological polar surface area (TPSA) is 32.0 Å². The Hall–Kier alpha value is -2.71. The SMILES string of the molecule is N#CCN1CCc2c(c3cc(F)ccc3n2-c2ccc(F)cc2)C1. The highest BCUT2D eigenvalue weighted by Gasteiger charge is 2.24. The minimum Gasteiger partial charge on any atom is -0.313 e. The van der Waals surface area contributed by atoms with Crippen LogP contribution in [0.25, 0.3) is 16.6 Å². The summed E-state index contributed by atoms with van der Waals surface area (Å²) in [7, 11) is 0. The van der Waals surface area contributed by atoms with Crippen molar-refractivity contribution in [3.05, 3.63) is 65.4 Å². The van der Waals surface area contributed by atoms with Crippen LogP contribution in [0.2, 0.25) is 0 Å². The summed E-state index contributed by atoms with van der Waals surface area (Å²) in [6.07, 6.45) is 0.769.